The number of hydrogen-bond acceptors (Lipinski definition) is 8. The van der Waals surface area contributed by atoms with Crippen molar-refractivity contribution in [1.82, 2.24) is 19.6 Å². The maximum atomic E-state index is 11.1. The van der Waals surface area contributed by atoms with Crippen molar-refractivity contribution in [2.75, 3.05) is 78.5 Å². The average molecular weight is 518 g/mol. The van der Waals surface area contributed by atoms with Crippen LogP contribution in [0.4, 0.5) is 0 Å². The fourth-order valence-corrected chi connectivity index (χ4v) is 2.98. The Morgan fingerprint density at radius 3 is 0.710 bits per heavy atom. The van der Waals surface area contributed by atoms with E-state index in [9.17, 15) is 19.2 Å². The zero-order valence-corrected chi connectivity index (χ0v) is 25.4. The second-order valence-electron chi connectivity index (χ2n) is 6.68. The van der Waals surface area contributed by atoms with Gasteiger partial charge in [-0.2, -0.15) is 0 Å². The van der Waals surface area contributed by atoms with Gasteiger partial charge in [0.2, 0.25) is 0 Å². The summed E-state index contributed by atoms with van der Waals surface area (Å²) in [5.41, 5.74) is 0. The molecule has 0 amide bonds. The molecular weight excluding hydrogens is 488 g/mol. The third kappa shape index (κ3) is 18.5. The summed E-state index contributed by atoms with van der Waals surface area (Å²) in [5.74, 6) is -4.08. The summed E-state index contributed by atoms with van der Waals surface area (Å²) in [6.07, 6.45) is 0. The Morgan fingerprint density at radius 2 is 0.613 bits per heavy atom. The molecule has 1 fully saturated rings. The molecule has 31 heavy (non-hydrogen) atoms. The molecular formula is C16H30N4Na2O8Zn. The fraction of sp³-hybridized carbons (Fsp3) is 0.750. The number of nitrogens with zero attached hydrogens (tertiary/aromatic N) is 4. The van der Waals surface area contributed by atoms with Gasteiger partial charge in [-0.05, 0) is 0 Å². The van der Waals surface area contributed by atoms with Gasteiger partial charge in [-0.3, -0.25) is 38.8 Å². The standard InChI is InChI=1S/C16H28N4O8.2Na.Zn.2H/c21-13(22)9-17-1-2-18(10-14(23)24)5-6-20(12-16(27)28)8-7-19(4-3-17)11-15(25)26;;;;;/h1-12H2,(H,21,22)(H,23,24)(H,25,26)(H,27,28);;;;;/q;2*+1;;2*-1. The van der Waals surface area contributed by atoms with Gasteiger partial charge in [0.25, 0.3) is 0 Å². The van der Waals surface area contributed by atoms with Crippen LogP contribution in [0.1, 0.15) is 2.85 Å². The molecule has 0 radical (unpaired) electrons. The Labute approximate surface area is 241 Å². The van der Waals surface area contributed by atoms with Crippen LogP contribution < -0.4 is 59.1 Å². The van der Waals surface area contributed by atoms with E-state index in [2.05, 4.69) is 0 Å². The van der Waals surface area contributed by atoms with Crippen molar-refractivity contribution in [3.63, 3.8) is 0 Å². The number of carboxylic acid groups (broad SMARTS) is 4. The van der Waals surface area contributed by atoms with Gasteiger partial charge >= 0.3 is 83.0 Å². The SMILES string of the molecule is O=C(O)CN1CCN(CC(=O)O)CCN(CC(=O)O)CCN(CC(=O)O)CC1.[H-].[H-].[Na+].[Na+].[Zn]. The van der Waals surface area contributed by atoms with Crippen molar-refractivity contribution in [3.05, 3.63) is 0 Å². The summed E-state index contributed by atoms with van der Waals surface area (Å²) in [6.45, 7) is 1.52. The molecule has 0 aliphatic carbocycles. The molecule has 0 bridgehead atoms. The van der Waals surface area contributed by atoms with Gasteiger partial charge in [-0.25, -0.2) is 0 Å². The molecule has 0 spiro atoms. The van der Waals surface area contributed by atoms with Gasteiger partial charge in [-0.1, -0.05) is 0 Å². The van der Waals surface area contributed by atoms with E-state index in [1.54, 1.807) is 19.6 Å². The predicted octanol–water partition coefficient (Wildman–Crippen LogP) is -8.22. The summed E-state index contributed by atoms with van der Waals surface area (Å²) in [4.78, 5) is 50.9. The van der Waals surface area contributed by atoms with E-state index in [1.807, 2.05) is 0 Å². The van der Waals surface area contributed by atoms with Crippen LogP contribution in [0.5, 0.6) is 0 Å². The number of carboxylic acids is 4. The molecule has 0 aromatic heterocycles. The Morgan fingerprint density at radius 1 is 0.484 bits per heavy atom. The number of hydrogen-bond donors (Lipinski definition) is 4. The fourth-order valence-electron chi connectivity index (χ4n) is 2.98. The smallest absolute Gasteiger partial charge is 1.00 e. The molecule has 12 nitrogen and oxygen atoms in total. The van der Waals surface area contributed by atoms with Crippen molar-refractivity contribution >= 4 is 23.9 Å². The van der Waals surface area contributed by atoms with Crippen molar-refractivity contribution in [1.29, 1.82) is 0 Å². The minimum atomic E-state index is -1.02. The van der Waals surface area contributed by atoms with Gasteiger partial charge in [0.1, 0.15) is 0 Å². The van der Waals surface area contributed by atoms with Gasteiger partial charge in [-0.15, -0.1) is 0 Å². The quantitative estimate of drug-likeness (QED) is 0.225. The number of rotatable bonds is 8. The molecule has 0 atom stereocenters. The van der Waals surface area contributed by atoms with E-state index in [-0.39, 0.29) is 108 Å². The van der Waals surface area contributed by atoms with E-state index in [0.29, 0.717) is 52.4 Å². The summed E-state index contributed by atoms with van der Waals surface area (Å²) in [5, 5.41) is 36.3. The second kappa shape index (κ2) is 19.8. The molecule has 1 heterocycles. The Bertz CT molecular complexity index is 475. The molecule has 1 aliphatic rings. The first-order valence-electron chi connectivity index (χ1n) is 8.92. The Balaban J connectivity index is -0.000000523. The van der Waals surface area contributed by atoms with Crippen LogP contribution in [0.15, 0.2) is 0 Å². The van der Waals surface area contributed by atoms with Gasteiger partial charge < -0.3 is 23.3 Å². The molecule has 0 aromatic carbocycles. The molecule has 4 N–H and O–H groups in total. The van der Waals surface area contributed by atoms with E-state index in [1.165, 1.54) is 0 Å². The summed E-state index contributed by atoms with van der Waals surface area (Å²) in [6, 6.07) is 0. The Kier molecular flexibility index (Phi) is 22.9. The average Bonchev–Trinajstić information content (AvgIpc) is 2.55. The molecule has 1 saturated heterocycles. The van der Waals surface area contributed by atoms with Gasteiger partial charge in [0, 0.05) is 71.8 Å². The number of carbonyl (C=O) groups is 4. The van der Waals surface area contributed by atoms with Crippen molar-refractivity contribution < 1.29 is 121 Å². The Hall–Kier alpha value is 0.343. The van der Waals surface area contributed by atoms with E-state index >= 15 is 0 Å². The molecule has 0 saturated carbocycles. The van der Waals surface area contributed by atoms with Crippen LogP contribution in [0.2, 0.25) is 0 Å². The largest absolute Gasteiger partial charge is 1.00 e. The van der Waals surface area contributed by atoms with Crippen LogP contribution in [0, 0.1) is 0 Å². The van der Waals surface area contributed by atoms with E-state index in [4.69, 9.17) is 20.4 Å². The van der Waals surface area contributed by atoms with Crippen LogP contribution in [-0.4, -0.2) is 142 Å². The maximum Gasteiger partial charge on any atom is 1.00 e. The first kappa shape index (κ1) is 35.9. The zero-order valence-electron chi connectivity index (χ0n) is 20.4. The predicted molar refractivity (Wildman–Crippen MR) is 98.5 cm³/mol. The van der Waals surface area contributed by atoms with Gasteiger partial charge in [0.15, 0.2) is 0 Å². The monoisotopic (exact) mass is 516 g/mol. The molecule has 1 aliphatic heterocycles. The summed E-state index contributed by atoms with van der Waals surface area (Å²) in [7, 11) is 0. The van der Waals surface area contributed by atoms with Crippen molar-refractivity contribution in [3.8, 4) is 0 Å². The second-order valence-corrected chi connectivity index (χ2v) is 6.68. The minimum absolute atomic E-state index is 0. The first-order chi connectivity index (χ1) is 13.2. The molecule has 0 aromatic rings. The molecule has 1 rings (SSSR count). The van der Waals surface area contributed by atoms with Crippen LogP contribution >= 0.6 is 0 Å². The first-order valence-corrected chi connectivity index (χ1v) is 8.92. The van der Waals surface area contributed by atoms with Gasteiger partial charge in [0.05, 0.1) is 26.2 Å². The van der Waals surface area contributed by atoms with Crippen molar-refractivity contribution in [2.45, 2.75) is 0 Å². The van der Waals surface area contributed by atoms with Crippen LogP contribution in [0.3, 0.4) is 0 Å². The minimum Gasteiger partial charge on any atom is -1.00 e. The summed E-state index contributed by atoms with van der Waals surface area (Å²) < 4.78 is 0. The molecule has 15 heteroatoms. The zero-order chi connectivity index (χ0) is 21.1. The van der Waals surface area contributed by atoms with Crippen molar-refractivity contribution in [2.24, 2.45) is 0 Å². The maximum absolute atomic E-state index is 11.1. The molecule has 166 valence electrons. The van der Waals surface area contributed by atoms with Crippen LogP contribution in [-0.2, 0) is 38.7 Å². The topological polar surface area (TPSA) is 162 Å². The molecule has 0 unspecified atom stereocenters. The van der Waals surface area contributed by atoms with E-state index < -0.39 is 23.9 Å². The third-order valence-electron chi connectivity index (χ3n) is 4.37. The third-order valence-corrected chi connectivity index (χ3v) is 4.37. The van der Waals surface area contributed by atoms with E-state index in [0.717, 1.165) is 0 Å². The van der Waals surface area contributed by atoms with Crippen LogP contribution in [0.25, 0.3) is 0 Å². The summed E-state index contributed by atoms with van der Waals surface area (Å²) >= 11 is 0. The number of aliphatic carboxylic acids is 4. The normalized spacial score (nSPS) is 17.5.